The van der Waals surface area contributed by atoms with E-state index in [1.807, 2.05) is 6.92 Å². The van der Waals surface area contributed by atoms with E-state index >= 15 is 0 Å². The Morgan fingerprint density at radius 1 is 1.33 bits per heavy atom. The summed E-state index contributed by atoms with van der Waals surface area (Å²) in [6.45, 7) is 2.01. The lowest BCUT2D eigenvalue weighted by atomic mass is 10.1. The molecule has 0 aliphatic rings. The molecule has 1 rings (SSSR count). The number of rotatable bonds is 5. The van der Waals surface area contributed by atoms with Crippen LogP contribution in [0.25, 0.3) is 0 Å². The van der Waals surface area contributed by atoms with Crippen LogP contribution in [0.5, 0.6) is 0 Å². The molecule has 0 saturated heterocycles. The monoisotopic (exact) mass is 232 g/mol. The number of aliphatic hydroxyl groups excluding tert-OH is 1. The SMILES string of the molecule is CCSCC(O)Cc1ccc(F)c(F)c1. The first-order chi connectivity index (χ1) is 7.13. The topological polar surface area (TPSA) is 20.2 Å². The highest BCUT2D eigenvalue weighted by atomic mass is 32.2. The first-order valence-corrected chi connectivity index (χ1v) is 5.98. The van der Waals surface area contributed by atoms with Crippen molar-refractivity contribution in [3.8, 4) is 0 Å². The van der Waals surface area contributed by atoms with Crippen LogP contribution in [-0.4, -0.2) is 22.7 Å². The van der Waals surface area contributed by atoms with Crippen molar-refractivity contribution in [2.75, 3.05) is 11.5 Å². The van der Waals surface area contributed by atoms with Crippen LogP contribution in [0.4, 0.5) is 8.78 Å². The van der Waals surface area contributed by atoms with Gasteiger partial charge in [0.25, 0.3) is 0 Å². The molecule has 0 aromatic heterocycles. The Labute approximate surface area is 92.5 Å². The molecule has 0 radical (unpaired) electrons. The Morgan fingerprint density at radius 3 is 2.67 bits per heavy atom. The van der Waals surface area contributed by atoms with Gasteiger partial charge in [0.1, 0.15) is 0 Å². The zero-order valence-electron chi connectivity index (χ0n) is 8.54. The maximum atomic E-state index is 12.8. The van der Waals surface area contributed by atoms with Crippen LogP contribution >= 0.6 is 11.8 Å². The smallest absolute Gasteiger partial charge is 0.159 e. The molecule has 1 aromatic rings. The predicted octanol–water partition coefficient (Wildman–Crippen LogP) is 2.62. The van der Waals surface area contributed by atoms with E-state index in [0.29, 0.717) is 17.7 Å². The van der Waals surface area contributed by atoms with Crippen molar-refractivity contribution in [3.63, 3.8) is 0 Å². The second-order valence-electron chi connectivity index (χ2n) is 3.27. The van der Waals surface area contributed by atoms with Gasteiger partial charge < -0.3 is 5.11 Å². The molecule has 1 aromatic carbocycles. The first kappa shape index (κ1) is 12.5. The average molecular weight is 232 g/mol. The largest absolute Gasteiger partial charge is 0.392 e. The normalized spacial score (nSPS) is 12.8. The molecule has 0 aliphatic heterocycles. The van der Waals surface area contributed by atoms with Crippen molar-refractivity contribution in [1.82, 2.24) is 0 Å². The summed E-state index contributed by atoms with van der Waals surface area (Å²) in [5, 5.41) is 9.56. The zero-order chi connectivity index (χ0) is 11.3. The number of halogens is 2. The molecule has 0 bridgehead atoms. The molecule has 0 fully saturated rings. The van der Waals surface area contributed by atoms with Crippen LogP contribution in [0.15, 0.2) is 18.2 Å². The standard InChI is InChI=1S/C11H14F2OS/c1-2-15-7-9(14)5-8-3-4-10(12)11(13)6-8/h3-4,6,9,14H,2,5,7H2,1H3. The molecule has 4 heteroatoms. The summed E-state index contributed by atoms with van der Waals surface area (Å²) in [5.74, 6) is -0.149. The van der Waals surface area contributed by atoms with E-state index in [-0.39, 0.29) is 0 Å². The van der Waals surface area contributed by atoms with E-state index < -0.39 is 17.7 Å². The van der Waals surface area contributed by atoms with Crippen molar-refractivity contribution in [1.29, 1.82) is 0 Å². The highest BCUT2D eigenvalue weighted by Gasteiger charge is 2.08. The number of hydrogen-bond donors (Lipinski definition) is 1. The number of thioether (sulfide) groups is 1. The lowest BCUT2D eigenvalue weighted by Gasteiger charge is -2.09. The quantitative estimate of drug-likeness (QED) is 0.842. The molecule has 0 amide bonds. The van der Waals surface area contributed by atoms with Crippen LogP contribution in [0.1, 0.15) is 12.5 Å². The summed E-state index contributed by atoms with van der Waals surface area (Å²) >= 11 is 1.62. The molecular weight excluding hydrogens is 218 g/mol. The van der Waals surface area contributed by atoms with E-state index in [1.165, 1.54) is 6.07 Å². The van der Waals surface area contributed by atoms with Crippen LogP contribution < -0.4 is 0 Å². The Balaban J connectivity index is 2.53. The van der Waals surface area contributed by atoms with Gasteiger partial charge in [-0.3, -0.25) is 0 Å². The molecule has 0 spiro atoms. The minimum atomic E-state index is -0.858. The van der Waals surface area contributed by atoms with Gasteiger partial charge in [-0.05, 0) is 29.9 Å². The molecule has 0 saturated carbocycles. The fraction of sp³-hybridized carbons (Fsp3) is 0.455. The van der Waals surface area contributed by atoms with Gasteiger partial charge >= 0.3 is 0 Å². The summed E-state index contributed by atoms with van der Waals surface area (Å²) in [6, 6.07) is 3.72. The van der Waals surface area contributed by atoms with Gasteiger partial charge in [-0.15, -0.1) is 0 Å². The van der Waals surface area contributed by atoms with Crippen LogP contribution in [0.3, 0.4) is 0 Å². The van der Waals surface area contributed by atoms with E-state index in [4.69, 9.17) is 0 Å². The number of hydrogen-bond acceptors (Lipinski definition) is 2. The van der Waals surface area contributed by atoms with Gasteiger partial charge in [-0.1, -0.05) is 13.0 Å². The molecule has 1 atom stereocenters. The van der Waals surface area contributed by atoms with Crippen molar-refractivity contribution in [3.05, 3.63) is 35.4 Å². The maximum absolute atomic E-state index is 12.8. The van der Waals surface area contributed by atoms with Crippen molar-refractivity contribution >= 4 is 11.8 Å². The molecule has 84 valence electrons. The minimum Gasteiger partial charge on any atom is -0.392 e. The Hall–Kier alpha value is -0.610. The Morgan fingerprint density at radius 2 is 2.07 bits per heavy atom. The van der Waals surface area contributed by atoms with Gasteiger partial charge in [0.15, 0.2) is 11.6 Å². The molecule has 0 heterocycles. The number of aliphatic hydroxyl groups is 1. The average Bonchev–Trinajstić information content (AvgIpc) is 2.20. The second kappa shape index (κ2) is 6.08. The second-order valence-corrected chi connectivity index (χ2v) is 4.58. The third kappa shape index (κ3) is 4.18. The van der Waals surface area contributed by atoms with E-state index in [9.17, 15) is 13.9 Å². The van der Waals surface area contributed by atoms with E-state index in [1.54, 1.807) is 11.8 Å². The van der Waals surface area contributed by atoms with Gasteiger partial charge in [0.05, 0.1) is 6.10 Å². The minimum absolute atomic E-state index is 0.365. The van der Waals surface area contributed by atoms with Crippen LogP contribution in [-0.2, 0) is 6.42 Å². The highest BCUT2D eigenvalue weighted by molar-refractivity contribution is 7.99. The summed E-state index contributed by atoms with van der Waals surface area (Å²) in [6.07, 6.45) is -0.135. The molecule has 1 N–H and O–H groups in total. The molecular formula is C11H14F2OS. The van der Waals surface area contributed by atoms with Crippen molar-refractivity contribution in [2.24, 2.45) is 0 Å². The fourth-order valence-corrected chi connectivity index (χ4v) is 1.88. The van der Waals surface area contributed by atoms with Gasteiger partial charge in [0.2, 0.25) is 0 Å². The Bertz CT molecular complexity index is 317. The van der Waals surface area contributed by atoms with Crippen LogP contribution in [0.2, 0.25) is 0 Å². The summed E-state index contributed by atoms with van der Waals surface area (Å²) < 4.78 is 25.4. The molecule has 0 aliphatic carbocycles. The van der Waals surface area contributed by atoms with E-state index in [2.05, 4.69) is 0 Å². The van der Waals surface area contributed by atoms with Crippen molar-refractivity contribution in [2.45, 2.75) is 19.4 Å². The van der Waals surface area contributed by atoms with Gasteiger partial charge in [-0.25, -0.2) is 8.78 Å². The zero-order valence-corrected chi connectivity index (χ0v) is 9.36. The third-order valence-electron chi connectivity index (χ3n) is 1.97. The predicted molar refractivity (Wildman–Crippen MR) is 59.1 cm³/mol. The van der Waals surface area contributed by atoms with Crippen molar-refractivity contribution < 1.29 is 13.9 Å². The van der Waals surface area contributed by atoms with Gasteiger partial charge in [-0.2, -0.15) is 11.8 Å². The Kier molecular flexibility index (Phi) is 5.05. The lowest BCUT2D eigenvalue weighted by molar-refractivity contribution is 0.200. The fourth-order valence-electron chi connectivity index (χ4n) is 1.25. The van der Waals surface area contributed by atoms with E-state index in [0.717, 1.165) is 17.9 Å². The number of benzene rings is 1. The maximum Gasteiger partial charge on any atom is 0.159 e. The molecule has 1 nitrogen and oxygen atoms in total. The highest BCUT2D eigenvalue weighted by Crippen LogP contribution is 2.12. The van der Waals surface area contributed by atoms with Crippen LogP contribution in [0, 0.1) is 11.6 Å². The van der Waals surface area contributed by atoms with Gasteiger partial charge in [0, 0.05) is 5.75 Å². The lowest BCUT2D eigenvalue weighted by Crippen LogP contribution is -2.13. The third-order valence-corrected chi connectivity index (χ3v) is 3.00. The summed E-state index contributed by atoms with van der Waals surface area (Å²) in [7, 11) is 0. The molecule has 15 heavy (non-hydrogen) atoms. The molecule has 1 unspecified atom stereocenters. The summed E-state index contributed by atoms with van der Waals surface area (Å²) in [5.41, 5.74) is 0.623. The summed E-state index contributed by atoms with van der Waals surface area (Å²) in [4.78, 5) is 0. The first-order valence-electron chi connectivity index (χ1n) is 4.83.